The molecule has 1 saturated heterocycles. The summed E-state index contributed by atoms with van der Waals surface area (Å²) in [5, 5.41) is 2.88. The van der Waals surface area contributed by atoms with Gasteiger partial charge in [-0.3, -0.25) is 4.79 Å². The van der Waals surface area contributed by atoms with E-state index in [9.17, 15) is 30.8 Å². The molecule has 42 heavy (non-hydrogen) atoms. The number of rotatable bonds is 10. The molecule has 224 valence electrons. The Morgan fingerprint density at radius 2 is 1.69 bits per heavy atom. The number of alkyl halides is 3. The highest BCUT2D eigenvalue weighted by molar-refractivity contribution is 7.89. The maximum atomic E-state index is 13.5. The van der Waals surface area contributed by atoms with Crippen molar-refractivity contribution in [2.45, 2.75) is 55.9 Å². The van der Waals surface area contributed by atoms with Gasteiger partial charge in [0.15, 0.2) is 0 Å². The van der Waals surface area contributed by atoms with Crippen molar-refractivity contribution in [1.29, 1.82) is 0 Å². The molecule has 0 radical (unpaired) electrons. The summed E-state index contributed by atoms with van der Waals surface area (Å²) in [5.41, 5.74) is 0.534. The summed E-state index contributed by atoms with van der Waals surface area (Å²) in [6, 6.07) is 13.5. The smallest absolute Gasteiger partial charge is 0.406 e. The number of anilines is 1. The summed E-state index contributed by atoms with van der Waals surface area (Å²) in [6.07, 6.45) is -2.11. The maximum Gasteiger partial charge on any atom is 0.573 e. The van der Waals surface area contributed by atoms with Crippen LogP contribution in [0, 0.1) is 5.82 Å². The highest BCUT2D eigenvalue weighted by Crippen LogP contribution is 2.45. The second-order valence-corrected chi connectivity index (χ2v) is 12.2. The second-order valence-electron chi connectivity index (χ2n) is 10.3. The number of pyridine rings is 1. The number of sulfonamides is 1. The number of hydrogen-bond acceptors (Lipinski definition) is 6. The molecule has 0 bridgehead atoms. The summed E-state index contributed by atoms with van der Waals surface area (Å²) in [4.78, 5) is 20.2. The van der Waals surface area contributed by atoms with Crippen LogP contribution in [0.5, 0.6) is 5.75 Å². The quantitative estimate of drug-likeness (QED) is 0.317. The molecule has 13 heteroatoms. The minimum absolute atomic E-state index is 0.0552. The first-order valence-electron chi connectivity index (χ1n) is 13.6. The molecular weight excluding hydrogens is 576 g/mol. The largest absolute Gasteiger partial charge is 0.573 e. The zero-order valence-electron chi connectivity index (χ0n) is 22.8. The van der Waals surface area contributed by atoms with Crippen LogP contribution in [0.4, 0.5) is 23.4 Å². The van der Waals surface area contributed by atoms with E-state index < -0.39 is 33.6 Å². The Morgan fingerprint density at radius 3 is 2.26 bits per heavy atom. The van der Waals surface area contributed by atoms with E-state index in [2.05, 4.69) is 15.0 Å². The van der Waals surface area contributed by atoms with Gasteiger partial charge >= 0.3 is 6.36 Å². The predicted octanol–water partition coefficient (Wildman–Crippen LogP) is 5.25. The summed E-state index contributed by atoms with van der Waals surface area (Å²) >= 11 is 0. The molecule has 3 aromatic rings. The van der Waals surface area contributed by atoms with Crippen LogP contribution in [0.2, 0.25) is 0 Å². The van der Waals surface area contributed by atoms with E-state index >= 15 is 0 Å². The van der Waals surface area contributed by atoms with Gasteiger partial charge in [0.2, 0.25) is 15.9 Å². The SMILES string of the molecule is CCN(C1(C(=O)NCc2cc(-c3ccc(OC(F)(F)F)cc3)nc(N3CCCC3)c2)CC1)S(=O)(=O)c1ccc(F)cc1. The molecule has 2 fully saturated rings. The van der Waals surface area contributed by atoms with Crippen molar-refractivity contribution < 1.29 is 35.5 Å². The van der Waals surface area contributed by atoms with Crippen molar-refractivity contribution >= 4 is 21.7 Å². The van der Waals surface area contributed by atoms with Crippen molar-refractivity contribution in [3.05, 3.63) is 72.0 Å². The molecule has 0 atom stereocenters. The van der Waals surface area contributed by atoms with Crippen molar-refractivity contribution in [2.75, 3.05) is 24.5 Å². The number of nitrogens with one attached hydrogen (secondary N) is 1. The molecule has 5 rings (SSSR count). The predicted molar refractivity (Wildman–Crippen MR) is 148 cm³/mol. The Labute approximate surface area is 241 Å². The number of carbonyl (C=O) groups is 1. The third-order valence-electron chi connectivity index (χ3n) is 7.45. The number of amides is 1. The topological polar surface area (TPSA) is 91.8 Å². The Balaban J connectivity index is 1.37. The first kappa shape index (κ1) is 29.8. The number of carbonyl (C=O) groups excluding carboxylic acids is 1. The Hall–Kier alpha value is -3.71. The van der Waals surface area contributed by atoms with Gasteiger partial charge in [-0.2, -0.15) is 4.31 Å². The Morgan fingerprint density at radius 1 is 1.05 bits per heavy atom. The minimum atomic E-state index is -4.80. The molecule has 1 aliphatic carbocycles. The average Bonchev–Trinajstić information content (AvgIpc) is 3.54. The molecule has 1 saturated carbocycles. The van der Waals surface area contributed by atoms with Crippen molar-refractivity contribution in [1.82, 2.24) is 14.6 Å². The Bertz CT molecular complexity index is 1540. The summed E-state index contributed by atoms with van der Waals surface area (Å²) < 4.78 is 83.1. The van der Waals surface area contributed by atoms with Gasteiger partial charge in [-0.1, -0.05) is 6.92 Å². The summed E-state index contributed by atoms with van der Waals surface area (Å²) in [6.45, 7) is 3.39. The molecule has 0 spiro atoms. The Kier molecular flexibility index (Phi) is 8.17. The zero-order chi connectivity index (χ0) is 30.1. The lowest BCUT2D eigenvalue weighted by Crippen LogP contribution is -2.51. The van der Waals surface area contributed by atoms with Crippen molar-refractivity contribution in [2.24, 2.45) is 0 Å². The highest BCUT2D eigenvalue weighted by atomic mass is 32.2. The average molecular weight is 607 g/mol. The van der Waals surface area contributed by atoms with Crippen LogP contribution in [-0.2, 0) is 21.4 Å². The molecule has 1 N–H and O–H groups in total. The van der Waals surface area contributed by atoms with E-state index in [-0.39, 0.29) is 23.7 Å². The molecular formula is C29H30F4N4O4S. The minimum Gasteiger partial charge on any atom is -0.406 e. The van der Waals surface area contributed by atoms with Crippen molar-refractivity contribution in [3.8, 4) is 17.0 Å². The molecule has 2 aromatic carbocycles. The number of halogens is 4. The standard InChI is InChI=1S/C29H30F4N4O4S/c1-2-37(42(39,40)24-11-7-22(30)8-12-24)28(13-14-28)27(38)34-19-20-17-25(35-26(18-20)36-15-3-4-16-36)21-5-9-23(10-6-21)41-29(31,32)33/h5-12,17-18H,2-4,13-16,19H2,1H3,(H,34,38). The van der Waals surface area contributed by atoms with Gasteiger partial charge < -0.3 is 15.0 Å². The number of nitrogens with zero attached hydrogens (tertiary/aromatic N) is 3. The van der Waals surface area contributed by atoms with E-state index in [1.807, 2.05) is 6.07 Å². The van der Waals surface area contributed by atoms with E-state index in [0.29, 0.717) is 35.5 Å². The molecule has 2 heterocycles. The van der Waals surface area contributed by atoms with E-state index in [1.165, 1.54) is 40.7 Å². The molecule has 8 nitrogen and oxygen atoms in total. The monoisotopic (exact) mass is 606 g/mol. The van der Waals surface area contributed by atoms with Gasteiger partial charge in [0.25, 0.3) is 0 Å². The van der Waals surface area contributed by atoms with Crippen LogP contribution in [-0.4, -0.2) is 55.1 Å². The third kappa shape index (κ3) is 6.36. The van der Waals surface area contributed by atoms with Gasteiger partial charge in [-0.15, -0.1) is 13.2 Å². The molecule has 1 aliphatic heterocycles. The summed E-state index contributed by atoms with van der Waals surface area (Å²) in [5.74, 6) is -0.670. The zero-order valence-corrected chi connectivity index (χ0v) is 23.6. The lowest BCUT2D eigenvalue weighted by atomic mass is 10.1. The number of likely N-dealkylation sites (N-methyl/N-ethyl adjacent to an activating group) is 1. The van der Waals surface area contributed by atoms with E-state index in [0.717, 1.165) is 38.1 Å². The van der Waals surface area contributed by atoms with Crippen LogP contribution < -0.4 is 15.0 Å². The van der Waals surface area contributed by atoms with Gasteiger partial charge in [-0.25, -0.2) is 17.8 Å². The lowest BCUT2D eigenvalue weighted by Gasteiger charge is -2.29. The van der Waals surface area contributed by atoms with Gasteiger partial charge in [-0.05, 0) is 91.9 Å². The van der Waals surface area contributed by atoms with Gasteiger partial charge in [0, 0.05) is 31.7 Å². The second kappa shape index (κ2) is 11.5. The van der Waals surface area contributed by atoms with Crippen LogP contribution in [0.3, 0.4) is 0 Å². The highest BCUT2D eigenvalue weighted by Gasteiger charge is 2.58. The van der Waals surface area contributed by atoms with E-state index in [4.69, 9.17) is 4.98 Å². The normalized spacial score (nSPS) is 16.5. The molecule has 1 amide bonds. The fourth-order valence-electron chi connectivity index (χ4n) is 5.25. The number of hydrogen-bond donors (Lipinski definition) is 1. The first-order chi connectivity index (χ1) is 19.9. The van der Waals surface area contributed by atoms with Crippen molar-refractivity contribution in [3.63, 3.8) is 0 Å². The van der Waals surface area contributed by atoms with Crippen LogP contribution in [0.15, 0.2) is 65.6 Å². The third-order valence-corrected chi connectivity index (χ3v) is 9.51. The van der Waals surface area contributed by atoms with Gasteiger partial charge in [0.05, 0.1) is 10.6 Å². The van der Waals surface area contributed by atoms with Crippen LogP contribution in [0.1, 0.15) is 38.2 Å². The van der Waals surface area contributed by atoms with Crippen LogP contribution in [0.25, 0.3) is 11.3 Å². The lowest BCUT2D eigenvalue weighted by molar-refractivity contribution is -0.274. The number of benzene rings is 2. The molecule has 1 aromatic heterocycles. The van der Waals surface area contributed by atoms with E-state index in [1.54, 1.807) is 13.0 Å². The fourth-order valence-corrected chi connectivity index (χ4v) is 7.05. The van der Waals surface area contributed by atoms with Gasteiger partial charge in [0.1, 0.15) is 22.9 Å². The summed E-state index contributed by atoms with van der Waals surface area (Å²) in [7, 11) is -4.06. The first-order valence-corrected chi connectivity index (χ1v) is 15.0. The molecule has 2 aliphatic rings. The number of ether oxygens (including phenoxy) is 1. The maximum absolute atomic E-state index is 13.5. The molecule has 0 unspecified atom stereocenters. The number of aromatic nitrogens is 1. The van der Waals surface area contributed by atoms with Crippen LogP contribution >= 0.6 is 0 Å². The fraction of sp³-hybridized carbons (Fsp3) is 0.379.